The second kappa shape index (κ2) is 8.88. The van der Waals surface area contributed by atoms with Crippen LogP contribution in [0.25, 0.3) is 0 Å². The molecule has 110 valence electrons. The summed E-state index contributed by atoms with van der Waals surface area (Å²) in [5.74, 6) is 0. The van der Waals surface area contributed by atoms with E-state index in [0.717, 1.165) is 12.8 Å². The molecule has 0 saturated heterocycles. The van der Waals surface area contributed by atoms with E-state index >= 15 is 0 Å². The van der Waals surface area contributed by atoms with E-state index in [9.17, 15) is 8.42 Å². The molecule has 0 aromatic heterocycles. The van der Waals surface area contributed by atoms with E-state index in [-0.39, 0.29) is 0 Å². The molecule has 0 saturated carbocycles. The molecular weight excluding hydrogens is 252 g/mol. The summed E-state index contributed by atoms with van der Waals surface area (Å²) in [6.45, 7) is 5.57. The molecule has 0 unspecified atom stereocenters. The lowest BCUT2D eigenvalue weighted by Gasteiger charge is -2.22. The Morgan fingerprint density at radius 3 is 1.83 bits per heavy atom. The lowest BCUT2D eigenvalue weighted by molar-refractivity contribution is 0.0876. The third-order valence-corrected chi connectivity index (χ3v) is 3.63. The molecule has 0 atom stereocenters. The molecule has 0 rings (SSSR count). The largest absolute Gasteiger partial charge is 0.397 e. The Balaban J connectivity index is 3.53. The molecule has 0 aromatic carbocycles. The van der Waals surface area contributed by atoms with Crippen LogP contribution in [0.1, 0.15) is 78.6 Å². The van der Waals surface area contributed by atoms with Crippen molar-refractivity contribution in [1.29, 1.82) is 0 Å². The third kappa shape index (κ3) is 12.3. The van der Waals surface area contributed by atoms with E-state index in [1.165, 1.54) is 38.5 Å². The van der Waals surface area contributed by atoms with Crippen molar-refractivity contribution in [3.8, 4) is 0 Å². The first-order valence-corrected chi connectivity index (χ1v) is 8.31. The van der Waals surface area contributed by atoms with Crippen LogP contribution in [-0.4, -0.2) is 18.6 Å². The molecule has 0 fully saturated rings. The Kier molecular flexibility index (Phi) is 8.82. The minimum absolute atomic E-state index is 0.641. The van der Waals surface area contributed by atoms with Gasteiger partial charge in [-0.1, -0.05) is 58.3 Å². The smallest absolute Gasteiger partial charge is 0.264 e. The molecule has 0 aliphatic carbocycles. The fourth-order valence-electron chi connectivity index (χ4n) is 2.01. The van der Waals surface area contributed by atoms with Crippen LogP contribution in [0.15, 0.2) is 0 Å². The fraction of sp³-hybridized carbons (Fsp3) is 1.00. The molecule has 0 amide bonds. The molecule has 0 aromatic rings. The van der Waals surface area contributed by atoms with Crippen LogP contribution < -0.4 is 0 Å². The minimum atomic E-state index is -4.34. The van der Waals surface area contributed by atoms with Gasteiger partial charge in [0.05, 0.1) is 5.60 Å². The Labute approximate surface area is 112 Å². The van der Waals surface area contributed by atoms with Gasteiger partial charge in [-0.15, -0.1) is 0 Å². The summed E-state index contributed by atoms with van der Waals surface area (Å²) in [4.78, 5) is 0. The van der Waals surface area contributed by atoms with Gasteiger partial charge in [0, 0.05) is 0 Å². The molecule has 1 N–H and O–H groups in total. The molecule has 0 heterocycles. The highest BCUT2D eigenvalue weighted by atomic mass is 32.3. The lowest BCUT2D eigenvalue weighted by Crippen LogP contribution is -2.27. The molecule has 0 spiro atoms. The molecule has 0 aliphatic rings. The van der Waals surface area contributed by atoms with Gasteiger partial charge in [-0.3, -0.25) is 4.55 Å². The van der Waals surface area contributed by atoms with Gasteiger partial charge in [0.2, 0.25) is 0 Å². The summed E-state index contributed by atoms with van der Waals surface area (Å²) < 4.78 is 34.5. The maximum atomic E-state index is 10.6. The first-order valence-electron chi connectivity index (χ1n) is 6.95. The normalized spacial score (nSPS) is 12.9. The van der Waals surface area contributed by atoms with E-state index in [1.54, 1.807) is 13.8 Å². The van der Waals surface area contributed by atoms with Crippen LogP contribution in [-0.2, 0) is 14.6 Å². The Hall–Kier alpha value is -0.130. The summed E-state index contributed by atoms with van der Waals surface area (Å²) in [7, 11) is -4.34. The van der Waals surface area contributed by atoms with E-state index in [1.807, 2.05) is 0 Å². The maximum Gasteiger partial charge on any atom is 0.397 e. The number of hydrogen-bond acceptors (Lipinski definition) is 3. The van der Waals surface area contributed by atoms with Crippen molar-refractivity contribution < 1.29 is 17.2 Å². The van der Waals surface area contributed by atoms with Crippen molar-refractivity contribution in [2.45, 2.75) is 84.2 Å². The number of hydrogen-bond donors (Lipinski definition) is 1. The second-order valence-electron chi connectivity index (χ2n) is 5.50. The summed E-state index contributed by atoms with van der Waals surface area (Å²) in [5, 5.41) is 0. The second-order valence-corrected chi connectivity index (χ2v) is 6.52. The monoisotopic (exact) mass is 280 g/mol. The van der Waals surface area contributed by atoms with Gasteiger partial charge >= 0.3 is 10.4 Å². The summed E-state index contributed by atoms with van der Waals surface area (Å²) in [6, 6.07) is 0. The van der Waals surface area contributed by atoms with Crippen LogP contribution in [0.4, 0.5) is 0 Å². The number of unbranched alkanes of at least 4 members (excludes halogenated alkanes) is 7. The van der Waals surface area contributed by atoms with Crippen LogP contribution in [0.2, 0.25) is 0 Å². The summed E-state index contributed by atoms with van der Waals surface area (Å²) >= 11 is 0. The van der Waals surface area contributed by atoms with Gasteiger partial charge in [-0.25, -0.2) is 4.18 Å². The van der Waals surface area contributed by atoms with Crippen molar-refractivity contribution in [2.24, 2.45) is 0 Å². The van der Waals surface area contributed by atoms with Crippen LogP contribution in [0.3, 0.4) is 0 Å². The first-order chi connectivity index (χ1) is 8.27. The first kappa shape index (κ1) is 17.9. The van der Waals surface area contributed by atoms with E-state index in [2.05, 4.69) is 11.1 Å². The molecular formula is C13H28O4S. The average Bonchev–Trinajstić information content (AvgIpc) is 2.18. The van der Waals surface area contributed by atoms with Gasteiger partial charge in [-0.05, 0) is 20.3 Å². The standard InChI is InChI=1S/C13H28O4S/c1-4-5-6-7-8-9-10-11-12-13(2,3)17-18(14,15)16/h4-12H2,1-3H3,(H,14,15,16). The predicted octanol–water partition coefficient (Wildman–Crippen LogP) is 4.12. The minimum Gasteiger partial charge on any atom is -0.264 e. The van der Waals surface area contributed by atoms with Crippen LogP contribution in [0, 0.1) is 0 Å². The topological polar surface area (TPSA) is 63.6 Å². The van der Waals surface area contributed by atoms with Crippen molar-refractivity contribution in [3.05, 3.63) is 0 Å². The zero-order chi connectivity index (χ0) is 14.1. The SMILES string of the molecule is CCCCCCCCCCC(C)(C)OS(=O)(=O)O. The zero-order valence-corrected chi connectivity index (χ0v) is 12.8. The summed E-state index contributed by atoms with van der Waals surface area (Å²) in [5.41, 5.74) is -0.810. The fourth-order valence-corrected chi connectivity index (χ4v) is 2.66. The van der Waals surface area contributed by atoms with Crippen molar-refractivity contribution >= 4 is 10.4 Å². The average molecular weight is 280 g/mol. The van der Waals surface area contributed by atoms with Crippen LogP contribution in [0.5, 0.6) is 0 Å². The van der Waals surface area contributed by atoms with Gasteiger partial charge < -0.3 is 0 Å². The van der Waals surface area contributed by atoms with Crippen molar-refractivity contribution in [3.63, 3.8) is 0 Å². The molecule has 0 aliphatic heterocycles. The van der Waals surface area contributed by atoms with Gasteiger partial charge in [-0.2, -0.15) is 8.42 Å². The lowest BCUT2D eigenvalue weighted by atomic mass is 9.99. The number of rotatable bonds is 11. The van der Waals surface area contributed by atoms with Crippen molar-refractivity contribution in [1.82, 2.24) is 0 Å². The Morgan fingerprint density at radius 2 is 1.39 bits per heavy atom. The molecule has 18 heavy (non-hydrogen) atoms. The predicted molar refractivity (Wildman–Crippen MR) is 73.9 cm³/mol. The zero-order valence-electron chi connectivity index (χ0n) is 11.9. The molecule has 5 heteroatoms. The molecule has 0 radical (unpaired) electrons. The molecule has 0 bridgehead atoms. The highest BCUT2D eigenvalue weighted by molar-refractivity contribution is 7.80. The third-order valence-electron chi connectivity index (χ3n) is 2.96. The highest BCUT2D eigenvalue weighted by Crippen LogP contribution is 2.21. The van der Waals surface area contributed by atoms with Crippen LogP contribution >= 0.6 is 0 Å². The quantitative estimate of drug-likeness (QED) is 0.457. The van der Waals surface area contributed by atoms with E-state index < -0.39 is 16.0 Å². The maximum absolute atomic E-state index is 10.6. The Morgan fingerprint density at radius 1 is 0.944 bits per heavy atom. The Bertz CT molecular complexity index is 296. The van der Waals surface area contributed by atoms with Gasteiger partial charge in [0.25, 0.3) is 0 Å². The molecule has 4 nitrogen and oxygen atoms in total. The van der Waals surface area contributed by atoms with E-state index in [4.69, 9.17) is 4.55 Å². The van der Waals surface area contributed by atoms with Crippen molar-refractivity contribution in [2.75, 3.05) is 0 Å². The summed E-state index contributed by atoms with van der Waals surface area (Å²) in [6.07, 6.45) is 10.3. The van der Waals surface area contributed by atoms with Gasteiger partial charge in [0.1, 0.15) is 0 Å². The highest BCUT2D eigenvalue weighted by Gasteiger charge is 2.24. The van der Waals surface area contributed by atoms with E-state index in [0.29, 0.717) is 6.42 Å². The van der Waals surface area contributed by atoms with Gasteiger partial charge in [0.15, 0.2) is 0 Å².